The van der Waals surface area contributed by atoms with E-state index in [0.29, 0.717) is 0 Å². The number of nitrogens with zero attached hydrogens (tertiary/aromatic N) is 1. The van der Waals surface area contributed by atoms with Gasteiger partial charge in [-0.3, -0.25) is 4.99 Å². The van der Waals surface area contributed by atoms with Gasteiger partial charge in [-0.05, 0) is 12.3 Å². The minimum absolute atomic E-state index is 0.979. The monoisotopic (exact) mass is 181 g/mol. The molecule has 74 valence electrons. The minimum atomic E-state index is 0.979. The first-order valence-electron chi connectivity index (χ1n) is 5.07. The second kappa shape index (κ2) is 5.79. The molecule has 2 heteroatoms. The SMILES string of the molecule is CC1CCC1.COC1=CN=CCC1. The van der Waals surface area contributed by atoms with Gasteiger partial charge in [0.1, 0.15) is 5.76 Å². The number of ether oxygens (including phenoxy) is 1. The van der Waals surface area contributed by atoms with E-state index >= 15 is 0 Å². The van der Waals surface area contributed by atoms with E-state index in [4.69, 9.17) is 4.74 Å². The van der Waals surface area contributed by atoms with Gasteiger partial charge < -0.3 is 4.74 Å². The summed E-state index contributed by atoms with van der Waals surface area (Å²) in [4.78, 5) is 3.92. The normalized spacial score (nSPS) is 20.9. The van der Waals surface area contributed by atoms with Crippen molar-refractivity contribution in [3.63, 3.8) is 0 Å². The molecule has 1 aliphatic heterocycles. The molecule has 0 aromatic heterocycles. The van der Waals surface area contributed by atoms with Gasteiger partial charge in [0.05, 0.1) is 13.3 Å². The number of hydrogen-bond acceptors (Lipinski definition) is 2. The summed E-state index contributed by atoms with van der Waals surface area (Å²) in [7, 11) is 1.67. The molecule has 0 spiro atoms. The van der Waals surface area contributed by atoms with Crippen LogP contribution in [0.15, 0.2) is 17.0 Å². The highest BCUT2D eigenvalue weighted by molar-refractivity contribution is 5.59. The van der Waals surface area contributed by atoms with Crippen LogP contribution in [0.1, 0.15) is 39.0 Å². The molecule has 1 fully saturated rings. The van der Waals surface area contributed by atoms with Crippen LogP contribution in [-0.4, -0.2) is 13.3 Å². The predicted molar refractivity (Wildman–Crippen MR) is 55.8 cm³/mol. The Kier molecular flexibility index (Phi) is 4.58. The molecule has 1 heterocycles. The maximum absolute atomic E-state index is 4.94. The molecule has 13 heavy (non-hydrogen) atoms. The van der Waals surface area contributed by atoms with Crippen molar-refractivity contribution in [1.29, 1.82) is 0 Å². The molecule has 0 unspecified atom stereocenters. The van der Waals surface area contributed by atoms with Gasteiger partial charge in [-0.15, -0.1) is 0 Å². The van der Waals surface area contributed by atoms with Crippen molar-refractivity contribution in [2.45, 2.75) is 39.0 Å². The summed E-state index contributed by atoms with van der Waals surface area (Å²) in [6, 6.07) is 0. The Balaban J connectivity index is 0.000000145. The van der Waals surface area contributed by atoms with E-state index in [9.17, 15) is 0 Å². The third-order valence-electron chi connectivity index (χ3n) is 2.50. The van der Waals surface area contributed by atoms with Crippen LogP contribution in [-0.2, 0) is 4.74 Å². The maximum atomic E-state index is 4.94. The first-order valence-corrected chi connectivity index (χ1v) is 5.07. The molecule has 0 aromatic carbocycles. The molecule has 2 aliphatic rings. The zero-order valence-corrected chi connectivity index (χ0v) is 8.62. The standard InChI is InChI=1S/C6H9NO.C5H10/c1-8-6-3-2-4-7-5-6;1-5-3-2-4-5/h4-5H,2-3H2,1H3;5H,2-4H2,1H3. The quantitative estimate of drug-likeness (QED) is 0.609. The molecule has 0 atom stereocenters. The molecule has 2 nitrogen and oxygen atoms in total. The van der Waals surface area contributed by atoms with E-state index < -0.39 is 0 Å². The highest BCUT2D eigenvalue weighted by Gasteiger charge is 2.09. The molecular formula is C11H19NO. The molecule has 0 N–H and O–H groups in total. The zero-order chi connectivity index (χ0) is 9.52. The number of allylic oxidation sites excluding steroid dienone is 1. The average molecular weight is 181 g/mol. The van der Waals surface area contributed by atoms with Gasteiger partial charge in [-0.1, -0.05) is 26.2 Å². The summed E-state index contributed by atoms with van der Waals surface area (Å²) < 4.78 is 4.94. The Morgan fingerprint density at radius 3 is 2.38 bits per heavy atom. The van der Waals surface area contributed by atoms with Crippen molar-refractivity contribution >= 4 is 6.21 Å². The average Bonchev–Trinajstić information content (AvgIpc) is 2.17. The lowest BCUT2D eigenvalue weighted by Gasteiger charge is -2.18. The molecular weight excluding hydrogens is 162 g/mol. The minimum Gasteiger partial charge on any atom is -0.499 e. The molecule has 0 amide bonds. The maximum Gasteiger partial charge on any atom is 0.114 e. The lowest BCUT2D eigenvalue weighted by atomic mass is 9.88. The molecule has 0 saturated heterocycles. The molecule has 0 radical (unpaired) electrons. The summed E-state index contributed by atoms with van der Waals surface area (Å²) in [5.41, 5.74) is 0. The third kappa shape index (κ3) is 4.11. The lowest BCUT2D eigenvalue weighted by molar-refractivity contribution is 0.276. The Bertz CT molecular complexity index is 192. The highest BCUT2D eigenvalue weighted by atomic mass is 16.5. The van der Waals surface area contributed by atoms with Crippen LogP contribution in [0.25, 0.3) is 0 Å². The molecule has 1 aliphatic carbocycles. The van der Waals surface area contributed by atoms with Crippen molar-refractivity contribution < 1.29 is 4.74 Å². The lowest BCUT2D eigenvalue weighted by Crippen LogP contribution is -2.04. The van der Waals surface area contributed by atoms with Gasteiger partial charge in [0, 0.05) is 12.6 Å². The van der Waals surface area contributed by atoms with Crippen molar-refractivity contribution in [1.82, 2.24) is 0 Å². The predicted octanol–water partition coefficient (Wildman–Crippen LogP) is 3.15. The summed E-state index contributed by atoms with van der Waals surface area (Å²) in [6.45, 7) is 2.31. The van der Waals surface area contributed by atoms with E-state index in [1.165, 1.54) is 19.3 Å². The van der Waals surface area contributed by atoms with Crippen LogP contribution in [0.3, 0.4) is 0 Å². The van der Waals surface area contributed by atoms with Gasteiger partial charge in [-0.25, -0.2) is 0 Å². The van der Waals surface area contributed by atoms with Gasteiger partial charge in [0.2, 0.25) is 0 Å². The zero-order valence-electron chi connectivity index (χ0n) is 8.62. The van der Waals surface area contributed by atoms with Gasteiger partial charge >= 0.3 is 0 Å². The molecule has 0 aromatic rings. The number of methoxy groups -OCH3 is 1. The first-order chi connectivity index (χ1) is 6.33. The summed E-state index contributed by atoms with van der Waals surface area (Å²) in [5, 5.41) is 0. The number of aliphatic imine (C=N–C) groups is 1. The molecule has 1 saturated carbocycles. The Morgan fingerprint density at radius 2 is 2.15 bits per heavy atom. The van der Waals surface area contributed by atoms with Crippen LogP contribution in [0.4, 0.5) is 0 Å². The van der Waals surface area contributed by atoms with Gasteiger partial charge in [-0.2, -0.15) is 0 Å². The molecule has 0 bridgehead atoms. The summed E-state index contributed by atoms with van der Waals surface area (Å²) >= 11 is 0. The van der Waals surface area contributed by atoms with Gasteiger partial charge in [0.15, 0.2) is 0 Å². The van der Waals surface area contributed by atoms with Crippen molar-refractivity contribution in [2.75, 3.05) is 7.11 Å². The fraction of sp³-hybridized carbons (Fsp3) is 0.727. The second-order valence-electron chi connectivity index (χ2n) is 3.71. The van der Waals surface area contributed by atoms with Crippen LogP contribution < -0.4 is 0 Å². The van der Waals surface area contributed by atoms with Crippen molar-refractivity contribution in [3.8, 4) is 0 Å². The first kappa shape index (κ1) is 10.3. The Hall–Kier alpha value is -0.790. The summed E-state index contributed by atoms with van der Waals surface area (Å²) in [5.74, 6) is 2.04. The smallest absolute Gasteiger partial charge is 0.114 e. The topological polar surface area (TPSA) is 21.6 Å². The van der Waals surface area contributed by atoms with E-state index in [1.807, 2.05) is 6.21 Å². The van der Waals surface area contributed by atoms with Gasteiger partial charge in [0.25, 0.3) is 0 Å². The van der Waals surface area contributed by atoms with Crippen molar-refractivity contribution in [2.24, 2.45) is 10.9 Å². The number of hydrogen-bond donors (Lipinski definition) is 0. The second-order valence-corrected chi connectivity index (χ2v) is 3.71. The van der Waals surface area contributed by atoms with E-state index in [-0.39, 0.29) is 0 Å². The Labute approximate surface area is 80.7 Å². The fourth-order valence-corrected chi connectivity index (χ4v) is 1.25. The third-order valence-corrected chi connectivity index (χ3v) is 2.50. The molecule has 2 rings (SSSR count). The van der Waals surface area contributed by atoms with E-state index in [1.54, 1.807) is 13.3 Å². The largest absolute Gasteiger partial charge is 0.499 e. The summed E-state index contributed by atoms with van der Waals surface area (Å²) in [6.07, 6.45) is 10.1. The van der Waals surface area contributed by atoms with Crippen LogP contribution in [0.5, 0.6) is 0 Å². The van der Waals surface area contributed by atoms with Crippen LogP contribution in [0, 0.1) is 5.92 Å². The Morgan fingerprint density at radius 1 is 1.46 bits per heavy atom. The van der Waals surface area contributed by atoms with Crippen molar-refractivity contribution in [3.05, 3.63) is 12.0 Å². The van der Waals surface area contributed by atoms with E-state index in [2.05, 4.69) is 11.9 Å². The fourth-order valence-electron chi connectivity index (χ4n) is 1.25. The highest BCUT2D eigenvalue weighted by Crippen LogP contribution is 2.24. The number of rotatable bonds is 1. The van der Waals surface area contributed by atoms with Crippen LogP contribution in [0.2, 0.25) is 0 Å². The van der Waals surface area contributed by atoms with Crippen LogP contribution >= 0.6 is 0 Å². The van der Waals surface area contributed by atoms with E-state index in [0.717, 1.165) is 24.5 Å².